The monoisotopic (exact) mass is 343 g/mol. The molecule has 1 atom stereocenters. The predicted molar refractivity (Wildman–Crippen MR) is 92.6 cm³/mol. The first-order valence-corrected chi connectivity index (χ1v) is 7.74. The van der Waals surface area contributed by atoms with Gasteiger partial charge in [-0.15, -0.1) is 0 Å². The number of carbonyl (C=O) groups is 2. The third-order valence-corrected chi connectivity index (χ3v) is 3.58. The molecule has 2 rings (SSSR count). The summed E-state index contributed by atoms with van der Waals surface area (Å²) in [5.41, 5.74) is 1.26. The van der Waals surface area contributed by atoms with Crippen LogP contribution in [0.1, 0.15) is 22.8 Å². The molecular weight excluding hydrogens is 322 g/mol. The second-order valence-corrected chi connectivity index (χ2v) is 5.34. The van der Waals surface area contributed by atoms with Crippen molar-refractivity contribution in [2.45, 2.75) is 19.5 Å². The standard InChI is InChI=1S/C18H21N3O4/c1-12(21-18(23)14-5-4-8-19-11-14)17(22)20-10-13-6-7-15(24-2)16(9-13)25-3/h4-9,11-12H,10H2,1-3H3,(H,20,22)(H,21,23). The molecule has 1 aromatic carbocycles. The molecule has 2 aromatic rings. The van der Waals surface area contributed by atoms with Gasteiger partial charge in [-0.3, -0.25) is 14.6 Å². The minimum absolute atomic E-state index is 0.285. The molecule has 7 heteroatoms. The van der Waals surface area contributed by atoms with Gasteiger partial charge in [0.25, 0.3) is 5.91 Å². The fourth-order valence-electron chi connectivity index (χ4n) is 2.18. The Labute approximate surface area is 146 Å². The molecular formula is C18H21N3O4. The Hall–Kier alpha value is -3.09. The summed E-state index contributed by atoms with van der Waals surface area (Å²) >= 11 is 0. The lowest BCUT2D eigenvalue weighted by molar-refractivity contribution is -0.122. The molecule has 0 spiro atoms. The first-order chi connectivity index (χ1) is 12.0. The number of methoxy groups -OCH3 is 2. The van der Waals surface area contributed by atoms with Crippen LogP contribution in [0.3, 0.4) is 0 Å². The molecule has 0 saturated carbocycles. The molecule has 0 aliphatic rings. The Morgan fingerprint density at radius 3 is 2.56 bits per heavy atom. The molecule has 0 saturated heterocycles. The van der Waals surface area contributed by atoms with Crippen molar-refractivity contribution in [2.75, 3.05) is 14.2 Å². The highest BCUT2D eigenvalue weighted by Gasteiger charge is 2.16. The maximum absolute atomic E-state index is 12.2. The van der Waals surface area contributed by atoms with Crippen molar-refractivity contribution in [3.05, 3.63) is 53.9 Å². The van der Waals surface area contributed by atoms with Gasteiger partial charge < -0.3 is 20.1 Å². The Bertz CT molecular complexity index is 734. The number of carbonyl (C=O) groups excluding carboxylic acids is 2. The van der Waals surface area contributed by atoms with Crippen LogP contribution in [0.2, 0.25) is 0 Å². The second-order valence-electron chi connectivity index (χ2n) is 5.34. The zero-order valence-corrected chi connectivity index (χ0v) is 14.4. The number of amides is 2. The van der Waals surface area contributed by atoms with Crippen molar-refractivity contribution < 1.29 is 19.1 Å². The lowest BCUT2D eigenvalue weighted by atomic mass is 10.2. The number of pyridine rings is 1. The maximum atomic E-state index is 12.2. The summed E-state index contributed by atoms with van der Waals surface area (Å²) in [6.45, 7) is 1.94. The van der Waals surface area contributed by atoms with Gasteiger partial charge in [0.05, 0.1) is 19.8 Å². The smallest absolute Gasteiger partial charge is 0.253 e. The molecule has 132 valence electrons. The highest BCUT2D eigenvalue weighted by molar-refractivity contribution is 5.97. The summed E-state index contributed by atoms with van der Waals surface area (Å²) < 4.78 is 10.4. The maximum Gasteiger partial charge on any atom is 0.253 e. The summed E-state index contributed by atoms with van der Waals surface area (Å²) in [4.78, 5) is 28.1. The minimum atomic E-state index is -0.673. The van der Waals surface area contributed by atoms with E-state index in [0.29, 0.717) is 23.6 Å². The number of rotatable bonds is 7. The second kappa shape index (κ2) is 8.68. The highest BCUT2D eigenvalue weighted by Crippen LogP contribution is 2.27. The molecule has 0 aliphatic carbocycles. The summed E-state index contributed by atoms with van der Waals surface area (Å²) in [7, 11) is 3.11. The molecule has 1 unspecified atom stereocenters. The van der Waals surface area contributed by atoms with Crippen LogP contribution in [0.4, 0.5) is 0 Å². The van der Waals surface area contributed by atoms with Gasteiger partial charge >= 0.3 is 0 Å². The molecule has 25 heavy (non-hydrogen) atoms. The van der Waals surface area contributed by atoms with Crippen LogP contribution in [-0.4, -0.2) is 37.1 Å². The van der Waals surface area contributed by atoms with Crippen molar-refractivity contribution in [3.63, 3.8) is 0 Å². The first-order valence-electron chi connectivity index (χ1n) is 7.74. The molecule has 1 aromatic heterocycles. The van der Waals surface area contributed by atoms with Crippen molar-refractivity contribution in [1.82, 2.24) is 15.6 Å². The van der Waals surface area contributed by atoms with E-state index in [2.05, 4.69) is 15.6 Å². The van der Waals surface area contributed by atoms with Crippen LogP contribution in [0.25, 0.3) is 0 Å². The van der Waals surface area contributed by atoms with Crippen LogP contribution in [0.5, 0.6) is 11.5 Å². The van der Waals surface area contributed by atoms with Gasteiger partial charge in [0, 0.05) is 18.9 Å². The molecule has 1 heterocycles. The minimum Gasteiger partial charge on any atom is -0.493 e. The topological polar surface area (TPSA) is 89.6 Å². The van der Waals surface area contributed by atoms with Crippen molar-refractivity contribution in [1.29, 1.82) is 0 Å². The number of ether oxygens (including phenoxy) is 2. The zero-order chi connectivity index (χ0) is 18.2. The lowest BCUT2D eigenvalue weighted by Crippen LogP contribution is -2.44. The first kappa shape index (κ1) is 18.3. The lowest BCUT2D eigenvalue weighted by Gasteiger charge is -2.15. The number of hydrogen-bond acceptors (Lipinski definition) is 5. The van der Waals surface area contributed by atoms with E-state index in [-0.39, 0.29) is 11.8 Å². The number of benzene rings is 1. The third-order valence-electron chi connectivity index (χ3n) is 3.58. The summed E-state index contributed by atoms with van der Waals surface area (Å²) in [5.74, 6) is 0.579. The van der Waals surface area contributed by atoms with E-state index in [1.165, 1.54) is 6.20 Å². The van der Waals surface area contributed by atoms with Crippen molar-refractivity contribution in [3.8, 4) is 11.5 Å². The van der Waals surface area contributed by atoms with Gasteiger partial charge in [-0.05, 0) is 36.8 Å². The van der Waals surface area contributed by atoms with Crippen LogP contribution in [0, 0.1) is 0 Å². The van der Waals surface area contributed by atoms with E-state index < -0.39 is 6.04 Å². The van der Waals surface area contributed by atoms with Crippen LogP contribution in [-0.2, 0) is 11.3 Å². The molecule has 0 radical (unpaired) electrons. The molecule has 2 amide bonds. The molecule has 0 aliphatic heterocycles. The summed E-state index contributed by atoms with van der Waals surface area (Å²) in [6.07, 6.45) is 3.03. The van der Waals surface area contributed by atoms with Gasteiger partial charge in [0.2, 0.25) is 5.91 Å². The van der Waals surface area contributed by atoms with E-state index in [0.717, 1.165) is 5.56 Å². The molecule has 7 nitrogen and oxygen atoms in total. The zero-order valence-electron chi connectivity index (χ0n) is 14.4. The highest BCUT2D eigenvalue weighted by atomic mass is 16.5. The van der Waals surface area contributed by atoms with Crippen molar-refractivity contribution in [2.24, 2.45) is 0 Å². The Balaban J connectivity index is 1.90. The summed E-state index contributed by atoms with van der Waals surface area (Å²) in [5, 5.41) is 5.42. The summed E-state index contributed by atoms with van der Waals surface area (Å²) in [6, 6.07) is 8.02. The van der Waals surface area contributed by atoms with Gasteiger partial charge in [0.1, 0.15) is 6.04 Å². The Morgan fingerprint density at radius 2 is 1.92 bits per heavy atom. The molecule has 0 bridgehead atoms. The normalized spacial score (nSPS) is 11.3. The van der Waals surface area contributed by atoms with Crippen LogP contribution in [0.15, 0.2) is 42.7 Å². The van der Waals surface area contributed by atoms with Crippen LogP contribution < -0.4 is 20.1 Å². The third kappa shape index (κ3) is 4.94. The van der Waals surface area contributed by atoms with Crippen molar-refractivity contribution >= 4 is 11.8 Å². The average molecular weight is 343 g/mol. The van der Waals surface area contributed by atoms with E-state index in [1.807, 2.05) is 6.07 Å². The van der Waals surface area contributed by atoms with E-state index in [1.54, 1.807) is 51.6 Å². The molecule has 2 N–H and O–H groups in total. The predicted octanol–water partition coefficient (Wildman–Crippen LogP) is 1.53. The average Bonchev–Trinajstić information content (AvgIpc) is 2.66. The van der Waals surface area contributed by atoms with E-state index >= 15 is 0 Å². The fraction of sp³-hybridized carbons (Fsp3) is 0.278. The van der Waals surface area contributed by atoms with Gasteiger partial charge in [-0.2, -0.15) is 0 Å². The quantitative estimate of drug-likeness (QED) is 0.796. The number of nitrogens with zero attached hydrogens (tertiary/aromatic N) is 1. The number of aromatic nitrogens is 1. The largest absolute Gasteiger partial charge is 0.493 e. The van der Waals surface area contributed by atoms with E-state index in [4.69, 9.17) is 9.47 Å². The van der Waals surface area contributed by atoms with Gasteiger partial charge in [0.15, 0.2) is 11.5 Å². The van der Waals surface area contributed by atoms with Crippen LogP contribution >= 0.6 is 0 Å². The SMILES string of the molecule is COc1ccc(CNC(=O)C(C)NC(=O)c2cccnc2)cc1OC. The van der Waals surface area contributed by atoms with Gasteiger partial charge in [-0.25, -0.2) is 0 Å². The van der Waals surface area contributed by atoms with E-state index in [9.17, 15) is 9.59 Å². The Morgan fingerprint density at radius 1 is 1.16 bits per heavy atom. The molecule has 0 fully saturated rings. The number of hydrogen-bond donors (Lipinski definition) is 2. The fourth-order valence-corrected chi connectivity index (χ4v) is 2.18. The Kier molecular flexibility index (Phi) is 6.33. The van der Waals surface area contributed by atoms with Gasteiger partial charge in [-0.1, -0.05) is 6.07 Å². The number of nitrogens with one attached hydrogen (secondary N) is 2.